The molecule has 7 nitrogen and oxygen atoms in total. The van der Waals surface area contributed by atoms with Crippen molar-refractivity contribution < 1.29 is 24.2 Å². The lowest BCUT2D eigenvalue weighted by atomic mass is 9.98. The summed E-state index contributed by atoms with van der Waals surface area (Å²) in [6.07, 6.45) is 4.30. The quantitative estimate of drug-likeness (QED) is 0.525. The fraction of sp³-hybridized carbons (Fsp3) is 0.320. The molecule has 2 amide bonds. The van der Waals surface area contributed by atoms with Crippen LogP contribution in [-0.2, 0) is 14.3 Å². The van der Waals surface area contributed by atoms with Crippen molar-refractivity contribution in [3.8, 4) is 11.1 Å². The fourth-order valence-corrected chi connectivity index (χ4v) is 4.14. The number of hydrogen-bond acceptors (Lipinski definition) is 4. The molecule has 4 rings (SSSR count). The summed E-state index contributed by atoms with van der Waals surface area (Å²) in [6, 6.07) is 15.5. The first-order chi connectivity index (χ1) is 15.5. The van der Waals surface area contributed by atoms with Gasteiger partial charge in [-0.05, 0) is 34.6 Å². The van der Waals surface area contributed by atoms with Crippen LogP contribution in [0.15, 0.2) is 60.7 Å². The Bertz CT molecular complexity index is 999. The predicted molar refractivity (Wildman–Crippen MR) is 119 cm³/mol. The summed E-state index contributed by atoms with van der Waals surface area (Å²) in [4.78, 5) is 35.6. The number of rotatable bonds is 9. The molecule has 7 heteroatoms. The van der Waals surface area contributed by atoms with Gasteiger partial charge in [-0.25, -0.2) is 9.59 Å². The number of aliphatic carboxylic acids is 1. The second-order valence-corrected chi connectivity index (χ2v) is 8.19. The van der Waals surface area contributed by atoms with Crippen LogP contribution in [-0.4, -0.2) is 42.3 Å². The van der Waals surface area contributed by atoms with Crippen molar-refractivity contribution >= 4 is 18.0 Å². The summed E-state index contributed by atoms with van der Waals surface area (Å²) in [6.45, 7) is 0.262. The first-order valence-electron chi connectivity index (χ1n) is 10.8. The number of carboxylic acids is 1. The lowest BCUT2D eigenvalue weighted by Crippen LogP contribution is -2.47. The summed E-state index contributed by atoms with van der Waals surface area (Å²) in [5.41, 5.74) is 4.55. The molecule has 0 aliphatic heterocycles. The Balaban J connectivity index is 1.36. The number of carbonyl (C=O) groups excluding carboxylic acids is 2. The molecule has 1 saturated carbocycles. The van der Waals surface area contributed by atoms with E-state index in [2.05, 4.69) is 34.9 Å². The number of fused-ring (bicyclic) bond motifs is 3. The van der Waals surface area contributed by atoms with Crippen LogP contribution in [0, 0.1) is 5.92 Å². The van der Waals surface area contributed by atoms with Gasteiger partial charge in [0.25, 0.3) is 0 Å². The van der Waals surface area contributed by atoms with E-state index >= 15 is 0 Å². The van der Waals surface area contributed by atoms with E-state index < -0.39 is 18.1 Å². The summed E-state index contributed by atoms with van der Waals surface area (Å²) in [5, 5.41) is 14.0. The minimum absolute atomic E-state index is 0.0509. The van der Waals surface area contributed by atoms with Gasteiger partial charge in [0.2, 0.25) is 5.91 Å². The number of benzene rings is 2. The number of alkyl carbamates (subject to hydrolysis) is 1. The van der Waals surface area contributed by atoms with E-state index in [0.717, 1.165) is 41.2 Å². The highest BCUT2D eigenvalue weighted by Gasteiger charge is 2.32. The van der Waals surface area contributed by atoms with E-state index in [0.29, 0.717) is 12.3 Å². The Kier molecular flexibility index (Phi) is 6.54. The first kappa shape index (κ1) is 21.6. The molecule has 0 spiro atoms. The zero-order valence-corrected chi connectivity index (χ0v) is 17.6. The molecular weight excluding hydrogens is 408 g/mol. The van der Waals surface area contributed by atoms with Gasteiger partial charge < -0.3 is 20.5 Å². The maximum atomic E-state index is 12.6. The molecule has 1 unspecified atom stereocenters. The normalized spacial score (nSPS) is 15.6. The van der Waals surface area contributed by atoms with Gasteiger partial charge in [0.15, 0.2) is 0 Å². The summed E-state index contributed by atoms with van der Waals surface area (Å²) in [7, 11) is 0. The van der Waals surface area contributed by atoms with E-state index in [4.69, 9.17) is 9.84 Å². The second kappa shape index (κ2) is 9.68. The molecule has 0 radical (unpaired) electrons. The van der Waals surface area contributed by atoms with E-state index in [9.17, 15) is 14.4 Å². The van der Waals surface area contributed by atoms with Crippen molar-refractivity contribution in [3.05, 3.63) is 71.8 Å². The zero-order valence-electron chi connectivity index (χ0n) is 17.6. The van der Waals surface area contributed by atoms with Gasteiger partial charge in [-0.1, -0.05) is 67.4 Å². The third-order valence-corrected chi connectivity index (χ3v) is 5.87. The van der Waals surface area contributed by atoms with Crippen LogP contribution in [0.25, 0.3) is 11.1 Å². The molecule has 1 fully saturated rings. The molecule has 32 heavy (non-hydrogen) atoms. The van der Waals surface area contributed by atoms with Crippen molar-refractivity contribution in [2.24, 2.45) is 5.92 Å². The van der Waals surface area contributed by atoms with Crippen LogP contribution in [0.3, 0.4) is 0 Å². The van der Waals surface area contributed by atoms with E-state index in [1.54, 1.807) is 0 Å². The van der Waals surface area contributed by atoms with Gasteiger partial charge in [0, 0.05) is 18.5 Å². The van der Waals surface area contributed by atoms with Crippen LogP contribution in [0.4, 0.5) is 4.79 Å². The van der Waals surface area contributed by atoms with Crippen molar-refractivity contribution in [3.63, 3.8) is 0 Å². The lowest BCUT2D eigenvalue weighted by molar-refractivity contribution is -0.131. The molecule has 2 aliphatic carbocycles. The zero-order chi connectivity index (χ0) is 22.5. The number of hydrogen-bond donors (Lipinski definition) is 3. The van der Waals surface area contributed by atoms with Crippen LogP contribution in [0.5, 0.6) is 0 Å². The summed E-state index contributed by atoms with van der Waals surface area (Å²) in [5.74, 6) is -1.06. The Morgan fingerprint density at radius 1 is 1.03 bits per heavy atom. The molecule has 2 aromatic carbocycles. The van der Waals surface area contributed by atoms with Gasteiger partial charge in [-0.15, -0.1) is 0 Å². The third-order valence-electron chi connectivity index (χ3n) is 5.87. The van der Waals surface area contributed by atoms with Crippen molar-refractivity contribution in [1.82, 2.24) is 10.6 Å². The Morgan fingerprint density at radius 2 is 1.66 bits per heavy atom. The highest BCUT2D eigenvalue weighted by Crippen LogP contribution is 2.44. The standard InChI is InChI=1S/C25H26N2O5/c28-23(29)10-5-13-26-24(30)22(14-16-11-12-16)27-25(31)32-15-21-19-8-3-1-6-17(19)18-7-2-4-9-20(18)21/h1-10,16,21-22H,11-15H2,(H,26,30)(H,27,31)(H,28,29)/b10-5+. The van der Waals surface area contributed by atoms with Gasteiger partial charge in [0.05, 0.1) is 0 Å². The SMILES string of the molecule is O=C(O)/C=C/CNC(=O)C(CC1CC1)NC(=O)OCC1c2ccccc2-c2ccccc21. The van der Waals surface area contributed by atoms with Crippen LogP contribution < -0.4 is 10.6 Å². The minimum Gasteiger partial charge on any atom is -0.478 e. The number of nitrogens with one attached hydrogen (secondary N) is 2. The van der Waals surface area contributed by atoms with Gasteiger partial charge in [0.1, 0.15) is 12.6 Å². The smallest absolute Gasteiger partial charge is 0.407 e. The second-order valence-electron chi connectivity index (χ2n) is 8.19. The average molecular weight is 434 g/mol. The summed E-state index contributed by atoms with van der Waals surface area (Å²) < 4.78 is 5.56. The number of ether oxygens (including phenoxy) is 1. The molecule has 3 N–H and O–H groups in total. The van der Waals surface area contributed by atoms with Gasteiger partial charge in [-0.2, -0.15) is 0 Å². The Hall–Kier alpha value is -3.61. The Labute approximate surface area is 186 Å². The van der Waals surface area contributed by atoms with Crippen molar-refractivity contribution in [2.45, 2.75) is 31.2 Å². The van der Waals surface area contributed by atoms with E-state index in [1.807, 2.05) is 24.3 Å². The summed E-state index contributed by atoms with van der Waals surface area (Å²) >= 11 is 0. The molecule has 0 saturated heterocycles. The first-order valence-corrected chi connectivity index (χ1v) is 10.8. The third kappa shape index (κ3) is 5.17. The van der Waals surface area contributed by atoms with Crippen molar-refractivity contribution in [1.29, 1.82) is 0 Å². The van der Waals surface area contributed by atoms with Crippen molar-refractivity contribution in [2.75, 3.05) is 13.2 Å². The van der Waals surface area contributed by atoms with E-state index in [1.165, 1.54) is 6.08 Å². The van der Waals surface area contributed by atoms with Gasteiger partial charge in [-0.3, -0.25) is 4.79 Å². The van der Waals surface area contributed by atoms with E-state index in [-0.39, 0.29) is 25.0 Å². The van der Waals surface area contributed by atoms with Crippen LogP contribution in [0.2, 0.25) is 0 Å². The fourth-order valence-electron chi connectivity index (χ4n) is 4.14. The molecule has 0 bridgehead atoms. The van der Waals surface area contributed by atoms with Crippen LogP contribution in [0.1, 0.15) is 36.3 Å². The molecule has 2 aromatic rings. The highest BCUT2D eigenvalue weighted by atomic mass is 16.5. The molecule has 2 aliphatic rings. The van der Waals surface area contributed by atoms with Gasteiger partial charge >= 0.3 is 12.1 Å². The molecule has 0 aromatic heterocycles. The maximum Gasteiger partial charge on any atom is 0.407 e. The number of carboxylic acid groups (broad SMARTS) is 1. The monoisotopic (exact) mass is 434 g/mol. The highest BCUT2D eigenvalue weighted by molar-refractivity contribution is 5.86. The molecule has 166 valence electrons. The van der Waals surface area contributed by atoms with Crippen LogP contribution >= 0.6 is 0 Å². The topological polar surface area (TPSA) is 105 Å². The minimum atomic E-state index is -1.08. The predicted octanol–water partition coefficient (Wildman–Crippen LogP) is 3.45. The molecule has 1 atom stereocenters. The Morgan fingerprint density at radius 3 is 2.25 bits per heavy atom. The maximum absolute atomic E-state index is 12.6. The number of carbonyl (C=O) groups is 3. The largest absolute Gasteiger partial charge is 0.478 e. The lowest BCUT2D eigenvalue weighted by Gasteiger charge is -2.19. The average Bonchev–Trinajstić information content (AvgIpc) is 3.55. The number of amides is 2. The molecular formula is C25H26N2O5. The molecule has 0 heterocycles.